The molecule has 0 spiro atoms. The van der Waals surface area contributed by atoms with E-state index in [0.29, 0.717) is 23.4 Å². The monoisotopic (exact) mass is 311 g/mol. The molecule has 1 amide bonds. The molecule has 0 unspecified atom stereocenters. The fourth-order valence-corrected chi connectivity index (χ4v) is 2.90. The van der Waals surface area contributed by atoms with E-state index >= 15 is 0 Å². The van der Waals surface area contributed by atoms with Gasteiger partial charge in [0, 0.05) is 38.3 Å². The zero-order chi connectivity index (χ0) is 14.7. The third-order valence-corrected chi connectivity index (χ3v) is 3.93. The molecule has 2 rings (SSSR count). The number of nitriles is 1. The van der Waals surface area contributed by atoms with Gasteiger partial charge < -0.3 is 15.1 Å². The zero-order valence-corrected chi connectivity index (χ0v) is 12.8. The van der Waals surface area contributed by atoms with Crippen LogP contribution in [0.4, 0.5) is 0 Å². The van der Waals surface area contributed by atoms with Crippen LogP contribution in [0.25, 0.3) is 0 Å². The second-order valence-corrected chi connectivity index (χ2v) is 6.16. The molecule has 1 saturated heterocycles. The Morgan fingerprint density at radius 1 is 1.70 bits per heavy atom. The van der Waals surface area contributed by atoms with E-state index in [1.54, 1.807) is 20.3 Å². The Morgan fingerprint density at radius 3 is 3.00 bits per heavy atom. The molecule has 0 saturated carbocycles. The lowest BCUT2D eigenvalue weighted by Gasteiger charge is -2.20. The molecule has 0 aliphatic carbocycles. The van der Waals surface area contributed by atoms with Gasteiger partial charge in [0.2, 0.25) is 0 Å². The number of hydrogen-bond acceptors (Lipinski definition) is 6. The molecule has 2 heterocycles. The molecule has 1 N–H and O–H groups in total. The van der Waals surface area contributed by atoms with Crippen LogP contribution in [0.5, 0.6) is 0 Å². The van der Waals surface area contributed by atoms with Crippen LogP contribution in [0.2, 0.25) is 4.47 Å². The van der Waals surface area contributed by atoms with Crippen molar-refractivity contribution in [1.82, 2.24) is 20.1 Å². The van der Waals surface area contributed by atoms with Crippen molar-refractivity contribution in [3.05, 3.63) is 26.9 Å². The van der Waals surface area contributed by atoms with Crippen LogP contribution in [0.1, 0.15) is 4.88 Å². The average molecular weight is 312 g/mol. The first-order chi connectivity index (χ1) is 9.52. The number of likely N-dealkylation sites (N-methyl/N-ethyl adjacent to an activating group) is 1. The first-order valence-corrected chi connectivity index (χ1v) is 7.17. The standard InChI is InChI=1S/C12H14ClN5OS/c1-17(2)11(19)9(5-14)10-15-3-4-18(10)7-8-6-16-12(13)20-8/h6,15H,3-4,7H2,1-2H3/b10-9+. The van der Waals surface area contributed by atoms with Crippen molar-refractivity contribution in [2.45, 2.75) is 6.54 Å². The van der Waals surface area contributed by atoms with Gasteiger partial charge in [0.15, 0.2) is 10.0 Å². The van der Waals surface area contributed by atoms with Crippen molar-refractivity contribution in [3.8, 4) is 6.07 Å². The molecule has 1 aliphatic heterocycles. The molecule has 0 aromatic carbocycles. The van der Waals surface area contributed by atoms with Gasteiger partial charge in [-0.3, -0.25) is 4.79 Å². The summed E-state index contributed by atoms with van der Waals surface area (Å²) in [5, 5.41) is 12.3. The Labute approximate surface area is 126 Å². The van der Waals surface area contributed by atoms with Crippen LogP contribution >= 0.6 is 22.9 Å². The highest BCUT2D eigenvalue weighted by Crippen LogP contribution is 2.23. The first kappa shape index (κ1) is 14.6. The van der Waals surface area contributed by atoms with E-state index < -0.39 is 0 Å². The summed E-state index contributed by atoms with van der Waals surface area (Å²) in [4.78, 5) is 20.4. The number of rotatable bonds is 3. The summed E-state index contributed by atoms with van der Waals surface area (Å²) in [5.74, 6) is 0.278. The molecule has 0 bridgehead atoms. The lowest BCUT2D eigenvalue weighted by atomic mass is 10.2. The van der Waals surface area contributed by atoms with Gasteiger partial charge >= 0.3 is 0 Å². The predicted molar refractivity (Wildman–Crippen MR) is 76.9 cm³/mol. The number of nitrogens with one attached hydrogen (secondary N) is 1. The van der Waals surface area contributed by atoms with E-state index in [-0.39, 0.29) is 11.5 Å². The lowest BCUT2D eigenvalue weighted by molar-refractivity contribution is -0.124. The summed E-state index contributed by atoms with van der Waals surface area (Å²) in [7, 11) is 3.25. The number of halogens is 1. The Kier molecular flexibility index (Phi) is 4.47. The summed E-state index contributed by atoms with van der Waals surface area (Å²) in [6.07, 6.45) is 1.71. The van der Waals surface area contributed by atoms with E-state index in [1.165, 1.54) is 16.2 Å². The van der Waals surface area contributed by atoms with Gasteiger partial charge in [0.05, 0.1) is 6.54 Å². The first-order valence-electron chi connectivity index (χ1n) is 5.98. The number of aromatic nitrogens is 1. The van der Waals surface area contributed by atoms with Crippen LogP contribution in [0.15, 0.2) is 17.6 Å². The van der Waals surface area contributed by atoms with Gasteiger partial charge in [0.1, 0.15) is 11.9 Å². The molecule has 1 fully saturated rings. The lowest BCUT2D eigenvalue weighted by Crippen LogP contribution is -2.29. The molecule has 6 nitrogen and oxygen atoms in total. The normalized spacial score (nSPS) is 16.6. The smallest absolute Gasteiger partial charge is 0.267 e. The summed E-state index contributed by atoms with van der Waals surface area (Å²) < 4.78 is 0.488. The summed E-state index contributed by atoms with van der Waals surface area (Å²) in [6, 6.07) is 1.99. The quantitative estimate of drug-likeness (QED) is 0.666. The van der Waals surface area contributed by atoms with Crippen molar-refractivity contribution in [1.29, 1.82) is 5.26 Å². The van der Waals surface area contributed by atoms with Gasteiger partial charge in [-0.1, -0.05) is 11.6 Å². The van der Waals surface area contributed by atoms with Crippen molar-refractivity contribution in [3.63, 3.8) is 0 Å². The Morgan fingerprint density at radius 2 is 2.45 bits per heavy atom. The number of thiazole rings is 1. The number of amides is 1. The van der Waals surface area contributed by atoms with Crippen LogP contribution in [0, 0.1) is 11.3 Å². The van der Waals surface area contributed by atoms with Crippen molar-refractivity contribution in [2.75, 3.05) is 27.2 Å². The number of hydrogen-bond donors (Lipinski definition) is 1. The van der Waals surface area contributed by atoms with E-state index in [2.05, 4.69) is 10.3 Å². The predicted octanol–water partition coefficient (Wildman–Crippen LogP) is 1.03. The van der Waals surface area contributed by atoms with Gasteiger partial charge in [-0.15, -0.1) is 11.3 Å². The Bertz CT molecular complexity index is 589. The fraction of sp³-hybridized carbons (Fsp3) is 0.417. The number of carbonyl (C=O) groups is 1. The minimum Gasteiger partial charge on any atom is -0.369 e. The fourth-order valence-electron chi connectivity index (χ4n) is 1.91. The zero-order valence-electron chi connectivity index (χ0n) is 11.2. The molecule has 0 radical (unpaired) electrons. The molecule has 1 aliphatic rings. The minimum absolute atomic E-state index is 0.128. The molecule has 1 aromatic heterocycles. The van der Waals surface area contributed by atoms with E-state index in [0.717, 1.165) is 11.4 Å². The molecule has 0 atom stereocenters. The Balaban J connectivity index is 2.25. The number of nitrogens with zero attached hydrogens (tertiary/aromatic N) is 4. The van der Waals surface area contributed by atoms with Crippen molar-refractivity contribution >= 4 is 28.8 Å². The molecule has 106 valence electrons. The summed E-state index contributed by atoms with van der Waals surface area (Å²) in [6.45, 7) is 2.02. The third kappa shape index (κ3) is 3.03. The Hall–Kier alpha value is -1.78. The maximum absolute atomic E-state index is 12.0. The molecule has 8 heteroatoms. The van der Waals surface area contributed by atoms with Gasteiger partial charge in [-0.05, 0) is 0 Å². The maximum atomic E-state index is 12.0. The third-order valence-electron chi connectivity index (χ3n) is 2.83. The second-order valence-electron chi connectivity index (χ2n) is 4.46. The second kappa shape index (κ2) is 6.11. The minimum atomic E-state index is -0.302. The molecule has 1 aromatic rings. The van der Waals surface area contributed by atoms with Crippen molar-refractivity contribution < 1.29 is 4.79 Å². The number of carbonyl (C=O) groups excluding carboxylic acids is 1. The van der Waals surface area contributed by atoms with Crippen molar-refractivity contribution in [2.24, 2.45) is 0 Å². The highest BCUT2D eigenvalue weighted by Gasteiger charge is 2.26. The van der Waals surface area contributed by atoms with E-state index in [1.807, 2.05) is 11.0 Å². The topological polar surface area (TPSA) is 72.3 Å². The molecular formula is C12H14ClN5OS. The van der Waals surface area contributed by atoms with Gasteiger partial charge in [-0.25, -0.2) is 4.98 Å². The largest absolute Gasteiger partial charge is 0.369 e. The van der Waals surface area contributed by atoms with E-state index in [4.69, 9.17) is 11.6 Å². The van der Waals surface area contributed by atoms with Gasteiger partial charge in [0.25, 0.3) is 5.91 Å². The van der Waals surface area contributed by atoms with Crippen LogP contribution in [0.3, 0.4) is 0 Å². The van der Waals surface area contributed by atoms with Crippen LogP contribution in [-0.4, -0.2) is 47.9 Å². The maximum Gasteiger partial charge on any atom is 0.267 e. The average Bonchev–Trinajstić information content (AvgIpc) is 3.01. The SMILES string of the molecule is CN(C)C(=O)/C(C#N)=C1\NCCN1Cc1cnc(Cl)s1. The molecule has 20 heavy (non-hydrogen) atoms. The van der Waals surface area contributed by atoms with Crippen LogP contribution < -0.4 is 5.32 Å². The molecular weight excluding hydrogens is 298 g/mol. The summed E-state index contributed by atoms with van der Waals surface area (Å²) in [5.41, 5.74) is 0.128. The van der Waals surface area contributed by atoms with Gasteiger partial charge in [-0.2, -0.15) is 5.26 Å². The highest BCUT2D eigenvalue weighted by molar-refractivity contribution is 7.15. The van der Waals surface area contributed by atoms with E-state index in [9.17, 15) is 10.1 Å². The summed E-state index contributed by atoms with van der Waals surface area (Å²) >= 11 is 7.21. The highest BCUT2D eigenvalue weighted by atomic mass is 35.5. The van der Waals surface area contributed by atoms with Crippen LogP contribution in [-0.2, 0) is 11.3 Å².